The molecule has 0 fully saturated rings. The predicted octanol–water partition coefficient (Wildman–Crippen LogP) is 1.52. The van der Waals surface area contributed by atoms with E-state index in [1.807, 2.05) is 0 Å². The average molecular weight is 235 g/mol. The molecule has 1 aromatic carbocycles. The fourth-order valence-corrected chi connectivity index (χ4v) is 1.03. The lowest BCUT2D eigenvalue weighted by Crippen LogP contribution is -2.06. The van der Waals surface area contributed by atoms with E-state index in [9.17, 15) is 20.2 Å². The number of hydrogen-bond donors (Lipinski definition) is 1. The number of aromatic hydroxyl groups is 1. The summed E-state index contributed by atoms with van der Waals surface area (Å²) in [6.07, 6.45) is 0. The van der Waals surface area contributed by atoms with Gasteiger partial charge >= 0.3 is 5.69 Å². The Morgan fingerprint density at radius 3 is 2.40 bits per heavy atom. The van der Waals surface area contributed by atoms with Crippen LogP contribution in [0.5, 0.6) is 11.5 Å². The molecule has 1 rings (SSSR count). The van der Waals surface area contributed by atoms with E-state index in [1.54, 1.807) is 0 Å². The van der Waals surface area contributed by atoms with E-state index in [2.05, 4.69) is 4.84 Å². The number of hydrogen-bond acceptors (Lipinski definition) is 6. The molecule has 15 heavy (non-hydrogen) atoms. The largest absolute Gasteiger partial charge is 0.506 e. The first-order valence-electron chi connectivity index (χ1n) is 3.41. The topological polar surface area (TPSA) is 116 Å². The van der Waals surface area contributed by atoms with E-state index in [1.165, 1.54) is 0 Å². The standard InChI is InChI=1S/C6H3ClN2O6/c7-5-4(10)2-1-3(8(11)12)6(5)15-9(13)14/h1-2,10H. The third kappa shape index (κ3) is 2.23. The summed E-state index contributed by atoms with van der Waals surface area (Å²) >= 11 is 5.40. The molecule has 0 spiro atoms. The van der Waals surface area contributed by atoms with Crippen LogP contribution >= 0.6 is 11.6 Å². The third-order valence-electron chi connectivity index (χ3n) is 1.42. The molecule has 0 heterocycles. The zero-order valence-corrected chi connectivity index (χ0v) is 7.67. The van der Waals surface area contributed by atoms with Gasteiger partial charge < -0.3 is 5.11 Å². The molecule has 0 atom stereocenters. The summed E-state index contributed by atoms with van der Waals surface area (Å²) in [5, 5.41) is 27.7. The second-order valence-corrected chi connectivity index (χ2v) is 2.70. The molecular weight excluding hydrogens is 232 g/mol. The number of phenols is 1. The minimum Gasteiger partial charge on any atom is -0.506 e. The summed E-state index contributed by atoms with van der Waals surface area (Å²) in [6.45, 7) is 0. The minimum absolute atomic E-state index is 0.542. The first kappa shape index (κ1) is 11.0. The van der Waals surface area contributed by atoms with Crippen LogP contribution in [0.4, 0.5) is 5.69 Å². The molecule has 0 saturated heterocycles. The molecule has 1 N–H and O–H groups in total. The normalized spacial score (nSPS) is 9.67. The molecule has 0 amide bonds. The number of nitro benzene ring substituents is 1. The van der Waals surface area contributed by atoms with Crippen LogP contribution in [0.2, 0.25) is 5.02 Å². The van der Waals surface area contributed by atoms with Gasteiger partial charge in [0, 0.05) is 6.07 Å². The van der Waals surface area contributed by atoms with Crippen molar-refractivity contribution >= 4 is 17.3 Å². The van der Waals surface area contributed by atoms with Crippen molar-refractivity contribution in [2.75, 3.05) is 0 Å². The van der Waals surface area contributed by atoms with Gasteiger partial charge in [-0.1, -0.05) is 11.6 Å². The minimum atomic E-state index is -1.26. The summed E-state index contributed by atoms with van der Waals surface area (Å²) in [5.74, 6) is -1.34. The number of phenolic OH excluding ortho intramolecular Hbond substituents is 1. The number of rotatable bonds is 3. The second-order valence-electron chi connectivity index (χ2n) is 2.32. The van der Waals surface area contributed by atoms with Crippen LogP contribution in [0, 0.1) is 20.2 Å². The molecule has 0 aromatic heterocycles. The molecule has 9 heteroatoms. The Kier molecular flexibility index (Phi) is 2.90. The highest BCUT2D eigenvalue weighted by atomic mass is 35.5. The van der Waals surface area contributed by atoms with Gasteiger partial charge in [-0.05, 0) is 6.07 Å². The van der Waals surface area contributed by atoms with Gasteiger partial charge in [-0.25, -0.2) is 0 Å². The zero-order valence-electron chi connectivity index (χ0n) is 6.92. The van der Waals surface area contributed by atoms with E-state index < -0.39 is 32.2 Å². The predicted molar refractivity (Wildman–Crippen MR) is 47.4 cm³/mol. The number of benzene rings is 1. The Bertz CT molecular complexity index is 434. The monoisotopic (exact) mass is 234 g/mol. The van der Waals surface area contributed by atoms with Gasteiger partial charge in [0.15, 0.2) is 0 Å². The van der Waals surface area contributed by atoms with Gasteiger partial charge in [-0.2, -0.15) is 0 Å². The Morgan fingerprint density at radius 1 is 1.33 bits per heavy atom. The highest BCUT2D eigenvalue weighted by Crippen LogP contribution is 2.40. The molecule has 0 aliphatic heterocycles. The van der Waals surface area contributed by atoms with Crippen LogP contribution < -0.4 is 4.84 Å². The summed E-state index contributed by atoms with van der Waals surface area (Å²) in [5.41, 5.74) is -0.700. The fourth-order valence-electron chi connectivity index (χ4n) is 0.841. The molecular formula is C6H3ClN2O6. The van der Waals surface area contributed by atoms with Gasteiger partial charge in [-0.3, -0.25) is 15.0 Å². The van der Waals surface area contributed by atoms with Crippen molar-refractivity contribution in [2.24, 2.45) is 0 Å². The van der Waals surface area contributed by atoms with E-state index in [0.717, 1.165) is 12.1 Å². The van der Waals surface area contributed by atoms with Crippen LogP contribution in [0.3, 0.4) is 0 Å². The molecule has 80 valence electrons. The first-order chi connectivity index (χ1) is 6.93. The maximum atomic E-state index is 10.4. The molecule has 0 unspecified atom stereocenters. The third-order valence-corrected chi connectivity index (χ3v) is 1.78. The second kappa shape index (κ2) is 3.96. The highest BCUT2D eigenvalue weighted by Gasteiger charge is 2.23. The summed E-state index contributed by atoms with van der Waals surface area (Å²) in [7, 11) is 0. The average Bonchev–Trinajstić information content (AvgIpc) is 2.12. The zero-order chi connectivity index (χ0) is 11.6. The summed E-state index contributed by atoms with van der Waals surface area (Å²) in [6, 6.07) is 1.79. The van der Waals surface area contributed by atoms with E-state index >= 15 is 0 Å². The summed E-state index contributed by atoms with van der Waals surface area (Å²) < 4.78 is 0. The van der Waals surface area contributed by atoms with Crippen molar-refractivity contribution in [2.45, 2.75) is 0 Å². The molecule has 1 aromatic rings. The Morgan fingerprint density at radius 2 is 1.93 bits per heavy atom. The Labute approximate surface area is 86.9 Å². The van der Waals surface area contributed by atoms with Gasteiger partial charge in [-0.15, -0.1) is 10.1 Å². The van der Waals surface area contributed by atoms with E-state index in [4.69, 9.17) is 16.7 Å². The van der Waals surface area contributed by atoms with Crippen molar-refractivity contribution in [3.8, 4) is 11.5 Å². The van der Waals surface area contributed by atoms with E-state index in [-0.39, 0.29) is 0 Å². The summed E-state index contributed by atoms with van der Waals surface area (Å²) in [4.78, 5) is 23.5. The first-order valence-corrected chi connectivity index (χ1v) is 3.79. The van der Waals surface area contributed by atoms with Gasteiger partial charge in [0.05, 0.1) is 4.92 Å². The van der Waals surface area contributed by atoms with Crippen molar-refractivity contribution in [3.63, 3.8) is 0 Å². The van der Waals surface area contributed by atoms with Gasteiger partial charge in [0.1, 0.15) is 10.8 Å². The number of nitro groups is 1. The van der Waals surface area contributed by atoms with Gasteiger partial charge in [0.25, 0.3) is 5.09 Å². The SMILES string of the molecule is O=[N+]([O-])Oc1c([N+](=O)[O-])ccc(O)c1Cl. The smallest absolute Gasteiger partial charge is 0.300 e. The van der Waals surface area contributed by atoms with Crippen molar-refractivity contribution in [1.82, 2.24) is 0 Å². The lowest BCUT2D eigenvalue weighted by molar-refractivity contribution is -0.711. The lowest BCUT2D eigenvalue weighted by Gasteiger charge is -2.03. The maximum absolute atomic E-state index is 10.4. The van der Waals surface area contributed by atoms with Crippen LogP contribution in [-0.4, -0.2) is 15.1 Å². The fraction of sp³-hybridized carbons (Fsp3) is 0. The highest BCUT2D eigenvalue weighted by molar-refractivity contribution is 6.33. The van der Waals surface area contributed by atoms with E-state index in [0.29, 0.717) is 0 Å². The molecule has 0 aliphatic rings. The van der Waals surface area contributed by atoms with Gasteiger partial charge in [0.2, 0.25) is 5.75 Å². The molecule has 0 saturated carbocycles. The van der Waals surface area contributed by atoms with Crippen molar-refractivity contribution in [1.29, 1.82) is 0 Å². The number of nitrogens with zero attached hydrogens (tertiary/aromatic N) is 2. The van der Waals surface area contributed by atoms with Crippen LogP contribution in [0.1, 0.15) is 0 Å². The Balaban J connectivity index is 3.34. The van der Waals surface area contributed by atoms with Crippen LogP contribution in [0.15, 0.2) is 12.1 Å². The number of halogens is 1. The quantitative estimate of drug-likeness (QED) is 0.626. The van der Waals surface area contributed by atoms with Crippen LogP contribution in [-0.2, 0) is 0 Å². The molecule has 8 nitrogen and oxygen atoms in total. The Hall–Kier alpha value is -2.09. The van der Waals surface area contributed by atoms with Crippen LogP contribution in [0.25, 0.3) is 0 Å². The molecule has 0 aliphatic carbocycles. The molecule has 0 radical (unpaired) electrons. The molecule has 0 bridgehead atoms. The van der Waals surface area contributed by atoms with Crippen molar-refractivity contribution < 1.29 is 20.0 Å². The lowest BCUT2D eigenvalue weighted by atomic mass is 10.3. The maximum Gasteiger partial charge on any atom is 0.300 e. The van der Waals surface area contributed by atoms with Crippen molar-refractivity contribution in [3.05, 3.63) is 37.4 Å².